The van der Waals surface area contributed by atoms with Gasteiger partial charge in [0.2, 0.25) is 0 Å². The van der Waals surface area contributed by atoms with Gasteiger partial charge in [-0.15, -0.1) is 0 Å². The Balaban J connectivity index is 2.05. The molecule has 2 aromatic carbocycles. The molecule has 0 aliphatic heterocycles. The molecule has 0 atom stereocenters. The first-order valence-corrected chi connectivity index (χ1v) is 7.83. The van der Waals surface area contributed by atoms with Gasteiger partial charge in [0.05, 0.1) is 17.2 Å². The molecule has 0 aromatic heterocycles. The Morgan fingerprint density at radius 3 is 2.48 bits per heavy atom. The highest BCUT2D eigenvalue weighted by atomic mass is 16.2. The van der Waals surface area contributed by atoms with E-state index in [4.69, 9.17) is 5.26 Å². The largest absolute Gasteiger partial charge is 0.348 e. The van der Waals surface area contributed by atoms with Crippen molar-refractivity contribution in [2.45, 2.75) is 6.92 Å². The van der Waals surface area contributed by atoms with Crippen LogP contribution in [0.1, 0.15) is 23.6 Å². The van der Waals surface area contributed by atoms with Gasteiger partial charge in [0.1, 0.15) is 0 Å². The fourth-order valence-electron chi connectivity index (χ4n) is 2.20. The van der Waals surface area contributed by atoms with Gasteiger partial charge in [0.15, 0.2) is 5.78 Å². The van der Waals surface area contributed by atoms with Crippen LogP contribution in [0, 0.1) is 11.3 Å². The maximum Gasteiger partial charge on any atom is 0.255 e. The third-order valence-corrected chi connectivity index (χ3v) is 3.44. The molecule has 0 bridgehead atoms. The zero-order valence-electron chi connectivity index (χ0n) is 13.9. The molecule has 0 saturated heterocycles. The summed E-state index contributed by atoms with van der Waals surface area (Å²) in [5.74, 6) is -0.764. The van der Waals surface area contributed by atoms with Gasteiger partial charge in [-0.05, 0) is 36.3 Å². The number of carbonyl (C=O) groups excluding carboxylic acids is 2. The maximum absolute atomic E-state index is 12.3. The Kier molecular flexibility index (Phi) is 6.44. The fraction of sp³-hybridized carbons (Fsp3) is 0.0952. The molecule has 4 nitrogen and oxygen atoms in total. The van der Waals surface area contributed by atoms with Crippen molar-refractivity contribution in [1.82, 2.24) is 5.32 Å². The third-order valence-electron chi connectivity index (χ3n) is 3.44. The molecule has 0 aliphatic carbocycles. The average molecular weight is 330 g/mol. The summed E-state index contributed by atoms with van der Waals surface area (Å²) in [6.07, 6.45) is 5.22. The second-order valence-corrected chi connectivity index (χ2v) is 5.37. The molecule has 2 rings (SSSR count). The normalized spacial score (nSPS) is 11.1. The van der Waals surface area contributed by atoms with Crippen molar-refractivity contribution in [2.24, 2.45) is 0 Å². The van der Waals surface area contributed by atoms with E-state index in [9.17, 15) is 9.59 Å². The standard InChI is InChI=1S/C21H18N2O2/c1-16(24)20(14-18-9-5-10-19(13-18)15-22)21(25)23-12-6-11-17-7-3-2-4-8-17/h2-11,13-14H,12H2,1H3,(H,23,25). The Morgan fingerprint density at radius 2 is 1.80 bits per heavy atom. The minimum absolute atomic E-state index is 0.0585. The number of carbonyl (C=O) groups is 2. The predicted octanol–water partition coefficient (Wildman–Crippen LogP) is 3.36. The Morgan fingerprint density at radius 1 is 1.08 bits per heavy atom. The molecular weight excluding hydrogens is 312 g/mol. The zero-order chi connectivity index (χ0) is 18.1. The van der Waals surface area contributed by atoms with Gasteiger partial charge in [0, 0.05) is 6.54 Å². The van der Waals surface area contributed by atoms with Crippen LogP contribution < -0.4 is 5.32 Å². The van der Waals surface area contributed by atoms with E-state index in [0.29, 0.717) is 17.7 Å². The van der Waals surface area contributed by atoms with E-state index >= 15 is 0 Å². The Hall–Kier alpha value is -3.45. The second kappa shape index (κ2) is 8.99. The third kappa shape index (κ3) is 5.60. The van der Waals surface area contributed by atoms with E-state index in [2.05, 4.69) is 5.32 Å². The van der Waals surface area contributed by atoms with E-state index in [1.54, 1.807) is 24.3 Å². The molecule has 124 valence electrons. The van der Waals surface area contributed by atoms with Crippen LogP contribution in [0.25, 0.3) is 12.2 Å². The molecule has 2 aromatic rings. The number of Topliss-reactive ketones (excluding diaryl/α,β-unsaturated/α-hetero) is 1. The lowest BCUT2D eigenvalue weighted by molar-refractivity contribution is -0.121. The molecular formula is C21H18N2O2. The maximum atomic E-state index is 12.3. The molecule has 0 unspecified atom stereocenters. The van der Waals surface area contributed by atoms with Crippen LogP contribution in [-0.2, 0) is 9.59 Å². The zero-order valence-corrected chi connectivity index (χ0v) is 13.9. The number of nitrogens with zero attached hydrogens (tertiary/aromatic N) is 1. The molecule has 0 heterocycles. The molecule has 0 radical (unpaired) electrons. The summed E-state index contributed by atoms with van der Waals surface area (Å²) in [6, 6.07) is 18.5. The molecule has 25 heavy (non-hydrogen) atoms. The molecule has 0 aliphatic rings. The van der Waals surface area contributed by atoms with Crippen molar-refractivity contribution in [2.75, 3.05) is 6.54 Å². The van der Waals surface area contributed by atoms with Gasteiger partial charge >= 0.3 is 0 Å². The van der Waals surface area contributed by atoms with E-state index in [0.717, 1.165) is 5.56 Å². The molecule has 0 saturated carbocycles. The SMILES string of the molecule is CC(=O)C(=Cc1cccc(C#N)c1)C(=O)NCC=Cc1ccccc1. The predicted molar refractivity (Wildman–Crippen MR) is 98.3 cm³/mol. The number of amides is 1. The van der Waals surface area contributed by atoms with Crippen molar-refractivity contribution in [1.29, 1.82) is 5.26 Å². The van der Waals surface area contributed by atoms with Gasteiger partial charge in [-0.3, -0.25) is 9.59 Å². The number of rotatable bonds is 6. The highest BCUT2D eigenvalue weighted by Gasteiger charge is 2.13. The monoisotopic (exact) mass is 330 g/mol. The van der Waals surface area contributed by atoms with Crippen LogP contribution in [0.2, 0.25) is 0 Å². The van der Waals surface area contributed by atoms with Crippen molar-refractivity contribution in [3.63, 3.8) is 0 Å². The number of nitrogens with one attached hydrogen (secondary N) is 1. The number of hydrogen-bond donors (Lipinski definition) is 1. The van der Waals surface area contributed by atoms with Crippen molar-refractivity contribution in [3.05, 3.63) is 82.9 Å². The first-order chi connectivity index (χ1) is 12.1. The van der Waals surface area contributed by atoms with Crippen LogP contribution in [0.4, 0.5) is 0 Å². The smallest absolute Gasteiger partial charge is 0.255 e. The topological polar surface area (TPSA) is 70.0 Å². The Bertz CT molecular complexity index is 859. The van der Waals surface area contributed by atoms with Crippen LogP contribution >= 0.6 is 0 Å². The summed E-state index contributed by atoms with van der Waals surface area (Å²) < 4.78 is 0. The van der Waals surface area contributed by atoms with Crippen LogP contribution in [0.5, 0.6) is 0 Å². The number of nitriles is 1. The van der Waals surface area contributed by atoms with Crippen LogP contribution in [0.3, 0.4) is 0 Å². The summed E-state index contributed by atoms with van der Waals surface area (Å²) in [6.45, 7) is 1.66. The van der Waals surface area contributed by atoms with E-state index in [-0.39, 0.29) is 11.4 Å². The number of benzene rings is 2. The highest BCUT2D eigenvalue weighted by molar-refractivity contribution is 6.21. The minimum atomic E-state index is -0.437. The number of hydrogen-bond acceptors (Lipinski definition) is 3. The van der Waals surface area contributed by atoms with Crippen LogP contribution in [0.15, 0.2) is 66.2 Å². The van der Waals surface area contributed by atoms with Crippen molar-refractivity contribution in [3.8, 4) is 6.07 Å². The highest BCUT2D eigenvalue weighted by Crippen LogP contribution is 2.10. The summed E-state index contributed by atoms with van der Waals surface area (Å²) >= 11 is 0. The second-order valence-electron chi connectivity index (χ2n) is 5.37. The molecule has 1 N–H and O–H groups in total. The van der Waals surface area contributed by atoms with E-state index in [1.807, 2.05) is 48.6 Å². The lowest BCUT2D eigenvalue weighted by atomic mass is 10.1. The van der Waals surface area contributed by atoms with Gasteiger partial charge in [-0.2, -0.15) is 5.26 Å². The van der Waals surface area contributed by atoms with E-state index < -0.39 is 5.91 Å². The number of ketones is 1. The fourth-order valence-corrected chi connectivity index (χ4v) is 2.20. The minimum Gasteiger partial charge on any atom is -0.348 e. The van der Waals surface area contributed by atoms with E-state index in [1.165, 1.54) is 13.0 Å². The summed E-state index contributed by atoms with van der Waals surface area (Å²) in [4.78, 5) is 24.0. The van der Waals surface area contributed by atoms with Crippen molar-refractivity contribution < 1.29 is 9.59 Å². The van der Waals surface area contributed by atoms with Gasteiger partial charge in [0.25, 0.3) is 5.91 Å². The summed E-state index contributed by atoms with van der Waals surface area (Å²) in [7, 11) is 0. The first-order valence-electron chi connectivity index (χ1n) is 7.83. The first kappa shape index (κ1) is 17.9. The summed E-state index contributed by atoms with van der Waals surface area (Å²) in [5, 5.41) is 11.6. The van der Waals surface area contributed by atoms with Gasteiger partial charge in [-0.1, -0.05) is 54.6 Å². The lowest BCUT2D eigenvalue weighted by Crippen LogP contribution is -2.27. The Labute approximate surface area is 147 Å². The van der Waals surface area contributed by atoms with Gasteiger partial charge < -0.3 is 5.32 Å². The molecule has 4 heteroatoms. The quantitative estimate of drug-likeness (QED) is 0.501. The van der Waals surface area contributed by atoms with Crippen molar-refractivity contribution >= 4 is 23.8 Å². The summed E-state index contributed by atoms with van der Waals surface area (Å²) in [5.41, 5.74) is 2.21. The van der Waals surface area contributed by atoms with Gasteiger partial charge in [-0.25, -0.2) is 0 Å². The lowest BCUT2D eigenvalue weighted by Gasteiger charge is -2.05. The van der Waals surface area contributed by atoms with Crippen LogP contribution in [-0.4, -0.2) is 18.2 Å². The average Bonchev–Trinajstić information content (AvgIpc) is 2.64. The molecule has 0 fully saturated rings. The molecule has 1 amide bonds. The molecule has 0 spiro atoms.